The number of benzene rings is 1. The number of hydrogen-bond acceptors (Lipinski definition) is 7. The summed E-state index contributed by atoms with van der Waals surface area (Å²) < 4.78 is 19.1. The van der Waals surface area contributed by atoms with Gasteiger partial charge in [-0.1, -0.05) is 16.8 Å². The first kappa shape index (κ1) is 18.6. The zero-order chi connectivity index (χ0) is 19.8. The average molecular weight is 417 g/mol. The van der Waals surface area contributed by atoms with Gasteiger partial charge in [-0.2, -0.15) is 0 Å². The van der Waals surface area contributed by atoms with E-state index in [0.717, 1.165) is 56.8 Å². The van der Waals surface area contributed by atoms with Gasteiger partial charge in [-0.15, -0.1) is 0 Å². The molecule has 0 saturated carbocycles. The first-order valence-corrected chi connectivity index (χ1v) is 10.3. The Bertz CT molecular complexity index is 996. The Balaban J connectivity index is 1.20. The third-order valence-corrected chi connectivity index (χ3v) is 6.08. The van der Waals surface area contributed by atoms with Gasteiger partial charge in [0.25, 0.3) is 0 Å². The van der Waals surface area contributed by atoms with Gasteiger partial charge in [-0.3, -0.25) is 4.90 Å². The summed E-state index contributed by atoms with van der Waals surface area (Å²) in [5.41, 5.74) is 0.628. The summed E-state index contributed by atoms with van der Waals surface area (Å²) in [6, 6.07) is 5.03. The van der Waals surface area contributed by atoms with Crippen molar-refractivity contribution in [3.63, 3.8) is 0 Å². The number of rotatable bonds is 4. The highest BCUT2D eigenvalue weighted by Gasteiger charge is 2.34. The summed E-state index contributed by atoms with van der Waals surface area (Å²) >= 11 is 5.83. The molecule has 4 heterocycles. The molecule has 5 rings (SSSR count). The average Bonchev–Trinajstić information content (AvgIpc) is 3.16. The molecule has 2 atom stereocenters. The van der Waals surface area contributed by atoms with Crippen LogP contribution >= 0.6 is 11.6 Å². The van der Waals surface area contributed by atoms with E-state index in [1.165, 1.54) is 12.1 Å². The van der Waals surface area contributed by atoms with Gasteiger partial charge in [0.2, 0.25) is 5.95 Å². The van der Waals surface area contributed by atoms with Crippen molar-refractivity contribution < 1.29 is 8.91 Å². The van der Waals surface area contributed by atoms with Crippen molar-refractivity contribution in [3.05, 3.63) is 41.4 Å². The topological polar surface area (TPSA) is 70.3 Å². The lowest BCUT2D eigenvalue weighted by Crippen LogP contribution is -2.57. The van der Waals surface area contributed by atoms with Gasteiger partial charge in [0.05, 0.1) is 22.8 Å². The largest absolute Gasteiger partial charge is 0.354 e. The highest BCUT2D eigenvalue weighted by molar-refractivity contribution is 6.30. The highest BCUT2D eigenvalue weighted by Crippen LogP contribution is 2.31. The van der Waals surface area contributed by atoms with Crippen LogP contribution in [0.3, 0.4) is 0 Å². The van der Waals surface area contributed by atoms with Gasteiger partial charge in [-0.25, -0.2) is 14.4 Å². The molecule has 0 unspecified atom stereocenters. The molecule has 0 amide bonds. The number of halogens is 2. The zero-order valence-electron chi connectivity index (χ0n) is 15.9. The zero-order valence-corrected chi connectivity index (χ0v) is 16.6. The quantitative estimate of drug-likeness (QED) is 0.698. The maximum Gasteiger partial charge on any atom is 0.222 e. The summed E-state index contributed by atoms with van der Waals surface area (Å²) in [5.74, 6) is 1.66. The molecule has 9 heteroatoms. The molecule has 0 bridgehead atoms. The van der Waals surface area contributed by atoms with Crippen LogP contribution < -0.4 is 10.2 Å². The highest BCUT2D eigenvalue weighted by atomic mass is 35.5. The van der Waals surface area contributed by atoms with Gasteiger partial charge in [-0.05, 0) is 37.0 Å². The van der Waals surface area contributed by atoms with Crippen LogP contribution in [-0.2, 0) is 0 Å². The molecule has 2 aliphatic heterocycles. The van der Waals surface area contributed by atoms with Crippen molar-refractivity contribution in [2.24, 2.45) is 5.92 Å². The van der Waals surface area contributed by atoms with Crippen LogP contribution in [0.2, 0.25) is 5.02 Å². The van der Waals surface area contributed by atoms with E-state index in [1.54, 1.807) is 18.5 Å². The number of piperidine rings is 1. The van der Waals surface area contributed by atoms with Crippen molar-refractivity contribution in [1.82, 2.24) is 20.0 Å². The van der Waals surface area contributed by atoms with Crippen molar-refractivity contribution in [1.29, 1.82) is 0 Å². The summed E-state index contributed by atoms with van der Waals surface area (Å²) in [7, 11) is 0. The molecular formula is C20H22ClFN6O. The molecule has 2 saturated heterocycles. The van der Waals surface area contributed by atoms with Crippen molar-refractivity contribution in [2.75, 3.05) is 42.9 Å². The van der Waals surface area contributed by atoms with Crippen LogP contribution in [0.5, 0.6) is 0 Å². The summed E-state index contributed by atoms with van der Waals surface area (Å²) in [6.07, 6.45) is 5.47. The molecule has 2 fully saturated rings. The summed E-state index contributed by atoms with van der Waals surface area (Å²) in [5, 5.41) is 8.82. The predicted molar refractivity (Wildman–Crippen MR) is 110 cm³/mol. The number of fused-ring (bicyclic) bond motifs is 2. The number of nitrogens with zero attached hydrogens (tertiary/aromatic N) is 5. The molecule has 3 aromatic rings. The van der Waals surface area contributed by atoms with E-state index in [9.17, 15) is 4.39 Å². The first-order valence-electron chi connectivity index (χ1n) is 9.91. The van der Waals surface area contributed by atoms with Crippen LogP contribution in [0.1, 0.15) is 12.8 Å². The fourth-order valence-electron chi connectivity index (χ4n) is 4.38. The Morgan fingerprint density at radius 3 is 2.90 bits per heavy atom. The van der Waals surface area contributed by atoms with E-state index in [1.807, 2.05) is 0 Å². The molecule has 0 spiro atoms. The number of nitrogens with one attached hydrogen (secondary N) is 1. The van der Waals surface area contributed by atoms with Crippen LogP contribution in [0, 0.1) is 11.7 Å². The third kappa shape index (κ3) is 3.86. The standard InChI is InChI=1S/C20H22ClFN6O/c21-14-9-24-20(25-10-14)23-8-13-1-3-16-12-28(6-5-27(16)11-13)19-17-7-15(22)2-4-18(17)29-26-19/h2,4,7,9-10,13,16H,1,3,5-6,8,11-12H2,(H,23,24,25)/t13-,16+/m0/s1. The first-order chi connectivity index (χ1) is 14.2. The van der Waals surface area contributed by atoms with Crippen molar-refractivity contribution in [2.45, 2.75) is 18.9 Å². The maximum atomic E-state index is 13.7. The molecule has 0 aliphatic carbocycles. The normalized spacial score (nSPS) is 22.6. The maximum absolute atomic E-state index is 13.7. The predicted octanol–water partition coefficient (Wildman–Crippen LogP) is 3.42. The van der Waals surface area contributed by atoms with Gasteiger partial charge in [0.15, 0.2) is 11.4 Å². The minimum atomic E-state index is -0.265. The van der Waals surface area contributed by atoms with Crippen molar-refractivity contribution in [3.8, 4) is 0 Å². The molecule has 152 valence electrons. The molecule has 2 aromatic heterocycles. The number of piperazine rings is 1. The lowest BCUT2D eigenvalue weighted by atomic mass is 9.91. The molecular weight excluding hydrogens is 395 g/mol. The minimum Gasteiger partial charge on any atom is -0.354 e. The smallest absolute Gasteiger partial charge is 0.222 e. The SMILES string of the molecule is Fc1ccc2onc(N3CCN4C[C@H](CNc5ncc(Cl)cn5)CC[C@@H]4C3)c2c1. The summed E-state index contributed by atoms with van der Waals surface area (Å²) in [6.45, 7) is 4.60. The van der Waals surface area contributed by atoms with Gasteiger partial charge < -0.3 is 14.7 Å². The number of anilines is 2. The molecule has 1 aromatic carbocycles. The lowest BCUT2D eigenvalue weighted by molar-refractivity contribution is 0.0994. The molecule has 7 nitrogen and oxygen atoms in total. The lowest BCUT2D eigenvalue weighted by Gasteiger charge is -2.46. The van der Waals surface area contributed by atoms with Gasteiger partial charge >= 0.3 is 0 Å². The summed E-state index contributed by atoms with van der Waals surface area (Å²) in [4.78, 5) is 13.2. The van der Waals surface area contributed by atoms with Crippen LogP contribution in [0.25, 0.3) is 11.0 Å². The fourth-order valence-corrected chi connectivity index (χ4v) is 4.48. The van der Waals surface area contributed by atoms with E-state index >= 15 is 0 Å². The number of hydrogen-bond donors (Lipinski definition) is 1. The van der Waals surface area contributed by atoms with Gasteiger partial charge in [0.1, 0.15) is 5.82 Å². The Hall–Kier alpha value is -2.45. The van der Waals surface area contributed by atoms with Crippen molar-refractivity contribution >= 4 is 34.3 Å². The minimum absolute atomic E-state index is 0.265. The van der Waals surface area contributed by atoms with E-state index in [2.05, 4.69) is 30.2 Å². The van der Waals surface area contributed by atoms with Crippen LogP contribution in [0.15, 0.2) is 35.1 Å². The molecule has 0 radical (unpaired) electrons. The van der Waals surface area contributed by atoms with E-state index < -0.39 is 0 Å². The number of aromatic nitrogens is 3. The van der Waals surface area contributed by atoms with Crippen LogP contribution in [0.4, 0.5) is 16.2 Å². The Morgan fingerprint density at radius 1 is 1.17 bits per heavy atom. The molecule has 1 N–H and O–H groups in total. The van der Waals surface area contributed by atoms with Gasteiger partial charge in [0, 0.05) is 38.8 Å². The third-order valence-electron chi connectivity index (χ3n) is 5.89. The fraction of sp³-hybridized carbons (Fsp3) is 0.450. The second-order valence-corrected chi connectivity index (χ2v) is 8.23. The Morgan fingerprint density at radius 2 is 2.03 bits per heavy atom. The second kappa shape index (κ2) is 7.76. The second-order valence-electron chi connectivity index (χ2n) is 7.79. The van der Waals surface area contributed by atoms with E-state index in [4.69, 9.17) is 16.1 Å². The van der Waals surface area contributed by atoms with E-state index in [-0.39, 0.29) is 5.82 Å². The molecule has 2 aliphatic rings. The Labute approximate surface area is 172 Å². The monoisotopic (exact) mass is 416 g/mol. The van der Waals surface area contributed by atoms with E-state index in [0.29, 0.717) is 28.5 Å². The Kier molecular flexibility index (Phi) is 4.97. The molecule has 29 heavy (non-hydrogen) atoms. The van der Waals surface area contributed by atoms with Crippen LogP contribution in [-0.4, -0.2) is 58.8 Å².